The molecule has 8 heteroatoms. The second-order valence-electron chi connectivity index (χ2n) is 4.77. The first-order valence-electron chi connectivity index (χ1n) is 6.23. The standard InChI is InChI=1S/C12H14ClN7/c13-7-3-9-11(17-4-7)18-12(10(16)20(9)6-14)19-2-1-8(15)5-19/h3-4,6,8,14,16H,1-2,5,15H2/t8-/m1/s1. The molecule has 7 nitrogen and oxygen atoms in total. The van der Waals surface area contributed by atoms with Crippen LogP contribution in [-0.4, -0.2) is 40.0 Å². The Kier molecular flexibility index (Phi) is 3.15. The zero-order chi connectivity index (χ0) is 14.3. The summed E-state index contributed by atoms with van der Waals surface area (Å²) in [5.74, 6) is 0.503. The minimum Gasteiger partial charge on any atom is -0.352 e. The number of anilines is 1. The number of hydrogen-bond donors (Lipinski definition) is 3. The molecular formula is C12H14ClN7. The maximum absolute atomic E-state index is 8.23. The number of nitrogens with zero attached hydrogens (tertiary/aromatic N) is 4. The first-order valence-corrected chi connectivity index (χ1v) is 6.61. The van der Waals surface area contributed by atoms with Crippen LogP contribution in [-0.2, 0) is 0 Å². The molecule has 4 N–H and O–H groups in total. The van der Waals surface area contributed by atoms with Gasteiger partial charge in [-0.15, -0.1) is 0 Å². The molecule has 0 bridgehead atoms. The lowest BCUT2D eigenvalue weighted by molar-refractivity contribution is 0.750. The Bertz CT molecular complexity index is 738. The second kappa shape index (κ2) is 4.84. The van der Waals surface area contributed by atoms with Crippen LogP contribution in [0.1, 0.15) is 6.42 Å². The number of rotatable bonds is 2. The van der Waals surface area contributed by atoms with E-state index in [0.29, 0.717) is 28.5 Å². The Morgan fingerprint density at radius 1 is 1.50 bits per heavy atom. The third kappa shape index (κ3) is 2.04. The van der Waals surface area contributed by atoms with Crippen molar-refractivity contribution in [2.75, 3.05) is 18.0 Å². The topological polar surface area (TPSA) is 108 Å². The molecule has 2 aromatic heterocycles. The Morgan fingerprint density at radius 2 is 2.30 bits per heavy atom. The maximum Gasteiger partial charge on any atom is 0.178 e. The molecule has 0 unspecified atom stereocenters. The van der Waals surface area contributed by atoms with Gasteiger partial charge in [-0.25, -0.2) is 9.97 Å². The SMILES string of the molecule is N=Cn1c(=N)c(N2CC[C@@H](N)C2)nc2ncc(Cl)cc21. The summed E-state index contributed by atoms with van der Waals surface area (Å²) in [6.07, 6.45) is 3.45. The number of fused-ring (bicyclic) bond motifs is 1. The van der Waals surface area contributed by atoms with Crippen LogP contribution in [0.5, 0.6) is 0 Å². The molecule has 1 aliphatic heterocycles. The van der Waals surface area contributed by atoms with Gasteiger partial charge < -0.3 is 10.6 Å². The van der Waals surface area contributed by atoms with Gasteiger partial charge in [0.05, 0.1) is 16.9 Å². The summed E-state index contributed by atoms with van der Waals surface area (Å²) in [4.78, 5) is 10.6. The lowest BCUT2D eigenvalue weighted by atomic mass is 10.3. The zero-order valence-electron chi connectivity index (χ0n) is 10.7. The fraction of sp³-hybridized carbons (Fsp3) is 0.333. The van der Waals surface area contributed by atoms with Gasteiger partial charge in [0, 0.05) is 25.3 Å². The van der Waals surface area contributed by atoms with E-state index in [2.05, 4.69) is 9.97 Å². The van der Waals surface area contributed by atoms with Gasteiger partial charge in [-0.1, -0.05) is 11.6 Å². The molecule has 104 valence electrons. The van der Waals surface area contributed by atoms with Gasteiger partial charge in [0.2, 0.25) is 0 Å². The number of nitrogens with two attached hydrogens (primary N) is 1. The summed E-state index contributed by atoms with van der Waals surface area (Å²) < 4.78 is 1.42. The molecule has 0 radical (unpaired) electrons. The van der Waals surface area contributed by atoms with E-state index in [4.69, 9.17) is 28.2 Å². The Hall–Kier alpha value is -1.99. The first-order chi connectivity index (χ1) is 9.60. The third-order valence-corrected chi connectivity index (χ3v) is 3.60. The van der Waals surface area contributed by atoms with Crippen molar-refractivity contribution in [3.63, 3.8) is 0 Å². The van der Waals surface area contributed by atoms with Crippen molar-refractivity contribution in [2.24, 2.45) is 5.73 Å². The van der Waals surface area contributed by atoms with Gasteiger partial charge >= 0.3 is 0 Å². The highest BCUT2D eigenvalue weighted by Crippen LogP contribution is 2.18. The normalized spacial score (nSPS) is 18.7. The summed E-state index contributed by atoms with van der Waals surface area (Å²) in [5, 5.41) is 16.2. The van der Waals surface area contributed by atoms with E-state index in [0.717, 1.165) is 19.3 Å². The highest BCUT2D eigenvalue weighted by molar-refractivity contribution is 6.31. The van der Waals surface area contributed by atoms with Crippen LogP contribution in [0.25, 0.3) is 11.2 Å². The molecule has 0 aliphatic carbocycles. The molecular weight excluding hydrogens is 278 g/mol. The summed E-state index contributed by atoms with van der Waals surface area (Å²) in [6.45, 7) is 1.42. The quantitative estimate of drug-likeness (QED) is 0.555. The Labute approximate surface area is 120 Å². The minimum absolute atomic E-state index is 0.0958. The molecule has 1 saturated heterocycles. The van der Waals surface area contributed by atoms with Gasteiger partial charge in [0.15, 0.2) is 17.0 Å². The number of nitrogens with one attached hydrogen (secondary N) is 2. The molecule has 0 amide bonds. The number of hydrogen-bond acceptors (Lipinski definition) is 6. The van der Waals surface area contributed by atoms with Crippen LogP contribution in [0, 0.1) is 10.8 Å². The van der Waals surface area contributed by atoms with Gasteiger partial charge in [-0.3, -0.25) is 15.4 Å². The predicted molar refractivity (Wildman–Crippen MR) is 77.4 cm³/mol. The Balaban J connectivity index is 2.24. The maximum atomic E-state index is 8.23. The van der Waals surface area contributed by atoms with Crippen molar-refractivity contribution in [3.8, 4) is 0 Å². The second-order valence-corrected chi connectivity index (χ2v) is 5.21. The fourth-order valence-electron chi connectivity index (χ4n) is 2.40. The molecule has 1 atom stereocenters. The van der Waals surface area contributed by atoms with Crippen LogP contribution in [0.4, 0.5) is 5.82 Å². The Morgan fingerprint density at radius 3 is 2.95 bits per heavy atom. The molecule has 2 aromatic rings. The van der Waals surface area contributed by atoms with Crippen molar-refractivity contribution in [1.82, 2.24) is 14.5 Å². The van der Waals surface area contributed by atoms with Crippen molar-refractivity contribution < 1.29 is 0 Å². The summed E-state index contributed by atoms with van der Waals surface area (Å²) in [6, 6.07) is 1.75. The molecule has 20 heavy (non-hydrogen) atoms. The van der Waals surface area contributed by atoms with E-state index < -0.39 is 0 Å². The molecule has 3 heterocycles. The van der Waals surface area contributed by atoms with Crippen molar-refractivity contribution in [1.29, 1.82) is 10.8 Å². The van der Waals surface area contributed by atoms with E-state index in [-0.39, 0.29) is 11.5 Å². The molecule has 0 saturated carbocycles. The van der Waals surface area contributed by atoms with E-state index in [1.165, 1.54) is 10.8 Å². The van der Waals surface area contributed by atoms with Gasteiger partial charge in [0.25, 0.3) is 0 Å². The fourth-order valence-corrected chi connectivity index (χ4v) is 2.55. The van der Waals surface area contributed by atoms with E-state index in [9.17, 15) is 0 Å². The smallest absolute Gasteiger partial charge is 0.178 e. The lowest BCUT2D eigenvalue weighted by Crippen LogP contribution is -2.34. The van der Waals surface area contributed by atoms with Gasteiger partial charge in [-0.2, -0.15) is 0 Å². The predicted octanol–water partition coefficient (Wildman–Crippen LogP) is 0.557. The van der Waals surface area contributed by atoms with Crippen LogP contribution in [0.2, 0.25) is 5.02 Å². The summed E-state index contributed by atoms with van der Waals surface area (Å²) in [7, 11) is 0. The third-order valence-electron chi connectivity index (χ3n) is 3.39. The number of aromatic nitrogens is 3. The highest BCUT2D eigenvalue weighted by Gasteiger charge is 2.23. The van der Waals surface area contributed by atoms with Crippen LogP contribution in [0.3, 0.4) is 0 Å². The molecule has 3 rings (SSSR count). The van der Waals surface area contributed by atoms with Crippen molar-refractivity contribution >= 4 is 34.9 Å². The largest absolute Gasteiger partial charge is 0.352 e. The van der Waals surface area contributed by atoms with Crippen molar-refractivity contribution in [3.05, 3.63) is 22.8 Å². The highest BCUT2D eigenvalue weighted by atomic mass is 35.5. The van der Waals surface area contributed by atoms with Gasteiger partial charge in [-0.05, 0) is 12.5 Å². The van der Waals surface area contributed by atoms with E-state index >= 15 is 0 Å². The van der Waals surface area contributed by atoms with Crippen LogP contribution >= 0.6 is 11.6 Å². The van der Waals surface area contributed by atoms with Crippen molar-refractivity contribution in [2.45, 2.75) is 12.5 Å². The lowest BCUT2D eigenvalue weighted by Gasteiger charge is -2.18. The van der Waals surface area contributed by atoms with Crippen LogP contribution < -0.4 is 16.1 Å². The summed E-state index contributed by atoms with van der Waals surface area (Å²) >= 11 is 5.92. The van der Waals surface area contributed by atoms with E-state index in [1.807, 2.05) is 4.90 Å². The average molecular weight is 292 g/mol. The molecule has 0 spiro atoms. The number of pyridine rings is 1. The molecule has 1 fully saturated rings. The molecule has 1 aliphatic rings. The first kappa shape index (κ1) is 13.0. The van der Waals surface area contributed by atoms with Gasteiger partial charge in [0.1, 0.15) is 0 Å². The molecule has 0 aromatic carbocycles. The van der Waals surface area contributed by atoms with Crippen LogP contribution in [0.15, 0.2) is 12.3 Å². The minimum atomic E-state index is 0.0958. The monoisotopic (exact) mass is 291 g/mol. The zero-order valence-corrected chi connectivity index (χ0v) is 11.4. The summed E-state index contributed by atoms with van der Waals surface area (Å²) in [5.41, 5.74) is 7.05. The van der Waals surface area contributed by atoms with E-state index in [1.54, 1.807) is 6.07 Å². The number of halogens is 1. The average Bonchev–Trinajstić information content (AvgIpc) is 2.85.